The van der Waals surface area contributed by atoms with Gasteiger partial charge in [0.15, 0.2) is 0 Å². The number of anilines is 1. The van der Waals surface area contributed by atoms with E-state index in [0.29, 0.717) is 12.0 Å². The van der Waals surface area contributed by atoms with Crippen LogP contribution in [0, 0.1) is 5.92 Å². The highest BCUT2D eigenvalue weighted by molar-refractivity contribution is 5.94. The van der Waals surface area contributed by atoms with E-state index in [1.165, 1.54) is 5.82 Å². The number of hydrogen-bond donors (Lipinski definition) is 1. The summed E-state index contributed by atoms with van der Waals surface area (Å²) < 4.78 is 7.56. The molecule has 0 aliphatic carbocycles. The predicted molar refractivity (Wildman–Crippen MR) is 112 cm³/mol. The molecule has 0 bridgehead atoms. The monoisotopic (exact) mass is 384 g/mol. The molecule has 1 amide bonds. The third-order valence-electron chi connectivity index (χ3n) is 6.15. The molecule has 0 unspecified atom stereocenters. The maximum absolute atomic E-state index is 12.7. The Hall–Kier alpha value is -2.05. The van der Waals surface area contributed by atoms with E-state index >= 15 is 0 Å². The van der Waals surface area contributed by atoms with E-state index in [0.717, 1.165) is 69.9 Å². The molecule has 0 aromatic carbocycles. The van der Waals surface area contributed by atoms with Gasteiger partial charge in [-0.25, -0.2) is 0 Å². The first-order chi connectivity index (χ1) is 13.6. The molecule has 0 atom stereocenters. The summed E-state index contributed by atoms with van der Waals surface area (Å²) in [4.78, 5) is 17.6. The standard InChI is InChI=1S/C22H32N4O2/c1-17(2)24-9-11-25(12-10-24)21-6-5-20-4-3-19(16-26(20)21)22(27)23-15-18-7-13-28-14-8-18/h3-6,16-18H,7-15H2,1-2H3,(H,23,27). The van der Waals surface area contributed by atoms with E-state index < -0.39 is 0 Å². The third kappa shape index (κ3) is 4.18. The van der Waals surface area contributed by atoms with Crippen molar-refractivity contribution in [1.29, 1.82) is 0 Å². The molecule has 2 aliphatic heterocycles. The number of ether oxygens (including phenoxy) is 1. The van der Waals surface area contributed by atoms with Gasteiger partial charge < -0.3 is 19.4 Å². The number of hydrogen-bond acceptors (Lipinski definition) is 4. The number of carbonyl (C=O) groups is 1. The highest BCUT2D eigenvalue weighted by atomic mass is 16.5. The van der Waals surface area contributed by atoms with Gasteiger partial charge >= 0.3 is 0 Å². The quantitative estimate of drug-likeness (QED) is 0.861. The largest absolute Gasteiger partial charge is 0.381 e. The second kappa shape index (κ2) is 8.53. The average Bonchev–Trinajstić information content (AvgIpc) is 3.16. The summed E-state index contributed by atoms with van der Waals surface area (Å²) in [5, 5.41) is 3.11. The predicted octanol–water partition coefficient (Wildman–Crippen LogP) is 2.63. The van der Waals surface area contributed by atoms with Crippen molar-refractivity contribution in [3.63, 3.8) is 0 Å². The van der Waals surface area contributed by atoms with Crippen molar-refractivity contribution >= 4 is 17.2 Å². The van der Waals surface area contributed by atoms with Crippen LogP contribution in [-0.4, -0.2) is 67.2 Å². The second-order valence-corrected chi connectivity index (χ2v) is 8.29. The van der Waals surface area contributed by atoms with Gasteiger partial charge in [0.1, 0.15) is 5.82 Å². The Bertz CT molecular complexity index is 802. The molecule has 2 aromatic rings. The maximum atomic E-state index is 12.7. The summed E-state index contributed by atoms with van der Waals surface area (Å²) in [5.74, 6) is 1.72. The number of aromatic nitrogens is 1. The lowest BCUT2D eigenvalue weighted by Crippen LogP contribution is -2.49. The Balaban J connectivity index is 1.44. The Morgan fingerprint density at radius 2 is 1.82 bits per heavy atom. The summed E-state index contributed by atoms with van der Waals surface area (Å²) in [5.41, 5.74) is 1.85. The molecule has 0 saturated carbocycles. The van der Waals surface area contributed by atoms with Gasteiger partial charge in [0.2, 0.25) is 0 Å². The van der Waals surface area contributed by atoms with Crippen LogP contribution in [0.4, 0.5) is 5.82 Å². The molecule has 28 heavy (non-hydrogen) atoms. The van der Waals surface area contributed by atoms with Crippen LogP contribution in [0.25, 0.3) is 5.52 Å². The van der Waals surface area contributed by atoms with E-state index in [1.54, 1.807) is 0 Å². The maximum Gasteiger partial charge on any atom is 0.252 e. The van der Waals surface area contributed by atoms with Crippen LogP contribution in [0.15, 0.2) is 30.5 Å². The van der Waals surface area contributed by atoms with E-state index in [-0.39, 0.29) is 5.91 Å². The first kappa shape index (κ1) is 19.3. The van der Waals surface area contributed by atoms with Crippen molar-refractivity contribution in [2.24, 2.45) is 5.92 Å². The van der Waals surface area contributed by atoms with Crippen molar-refractivity contribution in [1.82, 2.24) is 14.6 Å². The third-order valence-corrected chi connectivity index (χ3v) is 6.15. The summed E-state index contributed by atoms with van der Waals surface area (Å²) in [6.07, 6.45) is 4.05. The molecule has 4 rings (SSSR count). The molecule has 0 radical (unpaired) electrons. The van der Waals surface area contributed by atoms with Crippen molar-refractivity contribution in [2.75, 3.05) is 50.8 Å². The smallest absolute Gasteiger partial charge is 0.252 e. The van der Waals surface area contributed by atoms with E-state index in [1.807, 2.05) is 18.3 Å². The summed E-state index contributed by atoms with van der Waals surface area (Å²) in [6, 6.07) is 8.86. The van der Waals surface area contributed by atoms with Gasteiger partial charge in [0.05, 0.1) is 5.56 Å². The molecule has 6 heteroatoms. The Morgan fingerprint density at radius 3 is 2.54 bits per heavy atom. The molecule has 2 aliphatic rings. The lowest BCUT2D eigenvalue weighted by atomic mass is 10.0. The molecular weight excluding hydrogens is 352 g/mol. The molecule has 4 heterocycles. The zero-order valence-electron chi connectivity index (χ0n) is 17.1. The molecule has 152 valence electrons. The Kier molecular flexibility index (Phi) is 5.87. The van der Waals surface area contributed by atoms with Gasteiger partial charge in [-0.15, -0.1) is 0 Å². The number of fused-ring (bicyclic) bond motifs is 1. The van der Waals surface area contributed by atoms with Crippen LogP contribution in [0.5, 0.6) is 0 Å². The number of rotatable bonds is 5. The van der Waals surface area contributed by atoms with Crippen LogP contribution in [0.2, 0.25) is 0 Å². The lowest BCUT2D eigenvalue weighted by molar-refractivity contribution is 0.0642. The first-order valence-electron chi connectivity index (χ1n) is 10.6. The van der Waals surface area contributed by atoms with Crippen LogP contribution in [-0.2, 0) is 4.74 Å². The number of carbonyl (C=O) groups excluding carboxylic acids is 1. The van der Waals surface area contributed by atoms with Crippen molar-refractivity contribution in [3.8, 4) is 0 Å². The van der Waals surface area contributed by atoms with Gasteiger partial charge in [-0.05, 0) is 56.9 Å². The molecule has 2 saturated heterocycles. The minimum atomic E-state index is 0.0117. The van der Waals surface area contributed by atoms with E-state index in [2.05, 4.69) is 45.5 Å². The second-order valence-electron chi connectivity index (χ2n) is 8.29. The number of nitrogens with one attached hydrogen (secondary N) is 1. The average molecular weight is 385 g/mol. The molecule has 2 fully saturated rings. The van der Waals surface area contributed by atoms with Gasteiger partial charge in [0, 0.05) is 63.7 Å². The number of nitrogens with zero attached hydrogens (tertiary/aromatic N) is 3. The fourth-order valence-electron chi connectivity index (χ4n) is 4.24. The van der Waals surface area contributed by atoms with E-state index in [9.17, 15) is 4.79 Å². The van der Waals surface area contributed by atoms with Gasteiger partial charge in [-0.1, -0.05) is 0 Å². The normalized spacial score (nSPS) is 19.5. The fourth-order valence-corrected chi connectivity index (χ4v) is 4.24. The highest BCUT2D eigenvalue weighted by Crippen LogP contribution is 2.22. The van der Waals surface area contributed by atoms with Crippen LogP contribution in [0.3, 0.4) is 0 Å². The first-order valence-corrected chi connectivity index (χ1v) is 10.6. The summed E-state index contributed by atoms with van der Waals surface area (Å²) in [7, 11) is 0. The van der Waals surface area contributed by atoms with E-state index in [4.69, 9.17) is 4.74 Å². The van der Waals surface area contributed by atoms with Crippen LogP contribution < -0.4 is 10.2 Å². The van der Waals surface area contributed by atoms with Crippen LogP contribution >= 0.6 is 0 Å². The highest BCUT2D eigenvalue weighted by Gasteiger charge is 2.21. The number of pyridine rings is 1. The zero-order valence-corrected chi connectivity index (χ0v) is 17.1. The van der Waals surface area contributed by atoms with Gasteiger partial charge in [-0.2, -0.15) is 0 Å². The van der Waals surface area contributed by atoms with Gasteiger partial charge in [-0.3, -0.25) is 9.69 Å². The lowest BCUT2D eigenvalue weighted by Gasteiger charge is -2.37. The topological polar surface area (TPSA) is 49.2 Å². The molecule has 1 N–H and O–H groups in total. The SMILES string of the molecule is CC(C)N1CCN(c2ccc3ccc(C(=O)NCC4CCOCC4)cn23)CC1. The minimum Gasteiger partial charge on any atom is -0.381 e. The zero-order chi connectivity index (χ0) is 19.5. The van der Waals surface area contributed by atoms with Gasteiger partial charge in [0.25, 0.3) is 5.91 Å². The van der Waals surface area contributed by atoms with Crippen LogP contribution in [0.1, 0.15) is 37.0 Å². The fraction of sp³-hybridized carbons (Fsp3) is 0.591. The number of amides is 1. The van der Waals surface area contributed by atoms with Crippen molar-refractivity contribution in [3.05, 3.63) is 36.0 Å². The van der Waals surface area contributed by atoms with Crippen molar-refractivity contribution < 1.29 is 9.53 Å². The Labute approximate surface area is 167 Å². The molecule has 0 spiro atoms. The summed E-state index contributed by atoms with van der Waals surface area (Å²) >= 11 is 0. The number of piperazine rings is 1. The molecule has 2 aromatic heterocycles. The molecular formula is C22H32N4O2. The molecule has 6 nitrogen and oxygen atoms in total. The summed E-state index contributed by atoms with van der Waals surface area (Å²) in [6.45, 7) is 11.1. The Morgan fingerprint density at radius 1 is 1.11 bits per heavy atom. The minimum absolute atomic E-state index is 0.0117. The van der Waals surface area contributed by atoms with Crippen molar-refractivity contribution in [2.45, 2.75) is 32.7 Å².